The van der Waals surface area contributed by atoms with Gasteiger partial charge in [0.25, 0.3) is 0 Å². The normalized spacial score (nSPS) is 10.7. The van der Waals surface area contributed by atoms with Gasteiger partial charge in [-0.05, 0) is 19.9 Å². The van der Waals surface area contributed by atoms with Crippen molar-refractivity contribution in [3.05, 3.63) is 28.4 Å². The number of hydrogen-bond acceptors (Lipinski definition) is 6. The highest BCUT2D eigenvalue weighted by Crippen LogP contribution is 2.29. The highest BCUT2D eigenvalue weighted by molar-refractivity contribution is 8.00. The second-order valence-electron chi connectivity index (χ2n) is 3.73. The van der Waals surface area contributed by atoms with Crippen LogP contribution in [0.1, 0.15) is 16.3 Å². The summed E-state index contributed by atoms with van der Waals surface area (Å²) >= 11 is 3.36. The van der Waals surface area contributed by atoms with E-state index in [0.29, 0.717) is 11.5 Å². The maximum absolute atomic E-state index is 5.71. The van der Waals surface area contributed by atoms with Crippen molar-refractivity contribution in [3.63, 3.8) is 0 Å². The van der Waals surface area contributed by atoms with Gasteiger partial charge >= 0.3 is 0 Å². The van der Waals surface area contributed by atoms with E-state index in [4.69, 9.17) is 11.5 Å². The van der Waals surface area contributed by atoms with Crippen molar-refractivity contribution in [2.75, 3.05) is 11.5 Å². The van der Waals surface area contributed by atoms with Crippen LogP contribution in [0.2, 0.25) is 0 Å². The van der Waals surface area contributed by atoms with Crippen LogP contribution in [0.3, 0.4) is 0 Å². The van der Waals surface area contributed by atoms with Crippen molar-refractivity contribution >= 4 is 34.6 Å². The number of nitrogens with two attached hydrogens (primary N) is 2. The Balaban J connectivity index is 2.07. The zero-order chi connectivity index (χ0) is 12.4. The van der Waals surface area contributed by atoms with E-state index in [1.807, 2.05) is 13.0 Å². The lowest BCUT2D eigenvalue weighted by molar-refractivity contribution is 1.13. The highest BCUT2D eigenvalue weighted by Gasteiger charge is 2.06. The van der Waals surface area contributed by atoms with Gasteiger partial charge in [0.15, 0.2) is 4.34 Å². The van der Waals surface area contributed by atoms with Gasteiger partial charge in [-0.2, -0.15) is 0 Å². The van der Waals surface area contributed by atoms with Crippen molar-refractivity contribution in [1.82, 2.24) is 9.97 Å². The molecule has 0 aromatic carbocycles. The summed E-state index contributed by atoms with van der Waals surface area (Å²) in [5.74, 6) is 1.20. The highest BCUT2D eigenvalue weighted by atomic mass is 32.2. The summed E-state index contributed by atoms with van der Waals surface area (Å²) in [6.07, 6.45) is 0. The molecule has 0 aliphatic rings. The lowest BCUT2D eigenvalue weighted by Gasteiger charge is -2.02. The van der Waals surface area contributed by atoms with Gasteiger partial charge in [-0.15, -0.1) is 11.3 Å². The molecule has 0 amide bonds. The number of rotatable bonds is 3. The molecule has 0 aliphatic heterocycles. The molecule has 2 aromatic heterocycles. The van der Waals surface area contributed by atoms with Crippen LogP contribution in [-0.4, -0.2) is 9.97 Å². The Morgan fingerprint density at radius 3 is 2.59 bits per heavy atom. The zero-order valence-electron chi connectivity index (χ0n) is 9.73. The van der Waals surface area contributed by atoms with Crippen LogP contribution in [0.25, 0.3) is 0 Å². The van der Waals surface area contributed by atoms with Crippen molar-refractivity contribution < 1.29 is 0 Å². The summed E-state index contributed by atoms with van der Waals surface area (Å²) in [6, 6.07) is 3.50. The molecule has 0 saturated heterocycles. The Labute approximate surface area is 108 Å². The van der Waals surface area contributed by atoms with Crippen molar-refractivity contribution in [2.24, 2.45) is 0 Å². The van der Waals surface area contributed by atoms with Crippen LogP contribution in [-0.2, 0) is 5.75 Å². The second kappa shape index (κ2) is 4.93. The molecule has 2 heterocycles. The third kappa shape index (κ3) is 3.10. The van der Waals surface area contributed by atoms with E-state index in [9.17, 15) is 0 Å². The summed E-state index contributed by atoms with van der Waals surface area (Å²) in [5.41, 5.74) is 14.0. The van der Waals surface area contributed by atoms with Gasteiger partial charge < -0.3 is 11.5 Å². The topological polar surface area (TPSA) is 77.8 Å². The molecular weight excluding hydrogens is 252 g/mol. The van der Waals surface area contributed by atoms with E-state index < -0.39 is 0 Å². The average Bonchev–Trinajstić information content (AvgIpc) is 2.54. The number of pyridine rings is 1. The molecule has 0 unspecified atom stereocenters. The number of anilines is 2. The van der Waals surface area contributed by atoms with Crippen LogP contribution in [0.4, 0.5) is 11.5 Å². The summed E-state index contributed by atoms with van der Waals surface area (Å²) in [5, 5.41) is 0. The zero-order valence-corrected chi connectivity index (χ0v) is 11.4. The molecule has 2 rings (SSSR count). The number of thiazole rings is 1. The largest absolute Gasteiger partial charge is 0.399 e. The smallest absolute Gasteiger partial charge is 0.150 e. The van der Waals surface area contributed by atoms with Crippen molar-refractivity contribution in [1.29, 1.82) is 0 Å². The molecule has 2 aromatic rings. The predicted molar refractivity (Wildman–Crippen MR) is 74.2 cm³/mol. The van der Waals surface area contributed by atoms with Crippen LogP contribution in [0.15, 0.2) is 16.5 Å². The number of nitrogens with zero attached hydrogens (tertiary/aromatic N) is 2. The average molecular weight is 266 g/mol. The minimum Gasteiger partial charge on any atom is -0.399 e. The van der Waals surface area contributed by atoms with Crippen LogP contribution < -0.4 is 11.5 Å². The van der Waals surface area contributed by atoms with Gasteiger partial charge in [0, 0.05) is 22.4 Å². The maximum atomic E-state index is 5.71. The number of aromatic nitrogens is 2. The van der Waals surface area contributed by atoms with Crippen LogP contribution in [0, 0.1) is 13.8 Å². The first kappa shape index (κ1) is 12.2. The number of thioether (sulfide) groups is 1. The molecule has 0 atom stereocenters. The molecule has 0 saturated carbocycles. The Bertz CT molecular complexity index is 497. The van der Waals surface area contributed by atoms with Gasteiger partial charge in [0.1, 0.15) is 5.82 Å². The van der Waals surface area contributed by atoms with E-state index in [-0.39, 0.29) is 0 Å². The van der Waals surface area contributed by atoms with Crippen molar-refractivity contribution in [2.45, 2.75) is 23.9 Å². The fraction of sp³-hybridized carbons (Fsp3) is 0.273. The Morgan fingerprint density at radius 1 is 1.24 bits per heavy atom. The summed E-state index contributed by atoms with van der Waals surface area (Å²) in [6.45, 7) is 4.10. The number of nitrogen functional groups attached to an aromatic ring is 2. The molecule has 17 heavy (non-hydrogen) atoms. The lowest BCUT2D eigenvalue weighted by atomic mass is 10.3. The quantitative estimate of drug-likeness (QED) is 0.835. The molecule has 0 aliphatic carbocycles. The Hall–Kier alpha value is -1.27. The first-order valence-electron chi connectivity index (χ1n) is 5.13. The maximum Gasteiger partial charge on any atom is 0.150 e. The molecule has 6 heteroatoms. The Morgan fingerprint density at radius 2 is 2.00 bits per heavy atom. The van der Waals surface area contributed by atoms with E-state index in [1.165, 1.54) is 4.88 Å². The monoisotopic (exact) mass is 266 g/mol. The van der Waals surface area contributed by atoms with Gasteiger partial charge in [-0.1, -0.05) is 11.8 Å². The standard InChI is InChI=1S/C11H14N4S2/c1-6-7(2)17-11(14-6)16-5-9-3-8(12)4-10(13)15-9/h3-4H,5H2,1-2H3,(H4,12,13,15). The van der Waals surface area contributed by atoms with E-state index in [0.717, 1.165) is 21.5 Å². The first-order valence-corrected chi connectivity index (χ1v) is 6.93. The molecule has 0 radical (unpaired) electrons. The molecule has 4 nitrogen and oxygen atoms in total. The second-order valence-corrected chi connectivity index (χ2v) is 6.15. The molecule has 0 bridgehead atoms. The molecule has 4 N–H and O–H groups in total. The van der Waals surface area contributed by atoms with Gasteiger partial charge in [0.05, 0.1) is 11.4 Å². The predicted octanol–water partition coefficient (Wildman–Crippen LogP) is 2.61. The SMILES string of the molecule is Cc1nc(SCc2cc(N)cc(N)n2)sc1C. The third-order valence-electron chi connectivity index (χ3n) is 2.27. The minimum absolute atomic E-state index is 0.465. The molecule has 90 valence electrons. The van der Waals surface area contributed by atoms with E-state index in [1.54, 1.807) is 29.2 Å². The third-order valence-corrected chi connectivity index (χ3v) is 4.52. The fourth-order valence-electron chi connectivity index (χ4n) is 1.35. The summed E-state index contributed by atoms with van der Waals surface area (Å²) in [7, 11) is 0. The van der Waals surface area contributed by atoms with Gasteiger partial charge in [-0.3, -0.25) is 0 Å². The van der Waals surface area contributed by atoms with Gasteiger partial charge in [0.2, 0.25) is 0 Å². The number of aryl methyl sites for hydroxylation is 2. The first-order chi connectivity index (χ1) is 8.04. The summed E-state index contributed by atoms with van der Waals surface area (Å²) < 4.78 is 1.06. The van der Waals surface area contributed by atoms with E-state index >= 15 is 0 Å². The van der Waals surface area contributed by atoms with Gasteiger partial charge in [-0.25, -0.2) is 9.97 Å². The van der Waals surface area contributed by atoms with E-state index in [2.05, 4.69) is 16.9 Å². The lowest BCUT2D eigenvalue weighted by Crippen LogP contribution is -1.97. The fourth-order valence-corrected chi connectivity index (χ4v) is 3.40. The summed E-state index contributed by atoms with van der Waals surface area (Å²) in [4.78, 5) is 9.95. The molecular formula is C11H14N4S2. The van der Waals surface area contributed by atoms with Crippen LogP contribution >= 0.6 is 23.1 Å². The van der Waals surface area contributed by atoms with Crippen molar-refractivity contribution in [3.8, 4) is 0 Å². The molecule has 0 fully saturated rings. The Kier molecular flexibility index (Phi) is 3.54. The molecule has 0 spiro atoms. The number of hydrogen-bond donors (Lipinski definition) is 2. The minimum atomic E-state index is 0.465. The van der Waals surface area contributed by atoms with Crippen LogP contribution in [0.5, 0.6) is 0 Å².